The molecular formula is C19H12ClN3O2S. The molecule has 0 saturated heterocycles. The van der Waals surface area contributed by atoms with Gasteiger partial charge in [-0.05, 0) is 35.7 Å². The maximum atomic E-state index is 12.5. The summed E-state index contributed by atoms with van der Waals surface area (Å²) in [5, 5.41) is 9.22. The van der Waals surface area contributed by atoms with E-state index < -0.39 is 0 Å². The molecule has 2 aromatic heterocycles. The fraction of sp³-hybridized carbons (Fsp3) is 0. The molecule has 0 saturated carbocycles. The Morgan fingerprint density at radius 2 is 1.85 bits per heavy atom. The van der Waals surface area contributed by atoms with Gasteiger partial charge in [0.1, 0.15) is 0 Å². The highest BCUT2D eigenvalue weighted by atomic mass is 35.5. The maximum Gasteiger partial charge on any atom is 0.260 e. The Bertz CT molecular complexity index is 1060. The van der Waals surface area contributed by atoms with Gasteiger partial charge >= 0.3 is 0 Å². The third-order valence-corrected chi connectivity index (χ3v) is 4.89. The van der Waals surface area contributed by atoms with E-state index in [1.807, 2.05) is 35.7 Å². The average Bonchev–Trinajstić information content (AvgIpc) is 3.34. The summed E-state index contributed by atoms with van der Waals surface area (Å²) >= 11 is 7.63. The van der Waals surface area contributed by atoms with Crippen molar-refractivity contribution in [3.8, 4) is 22.2 Å². The normalized spacial score (nSPS) is 10.7. The highest BCUT2D eigenvalue weighted by molar-refractivity contribution is 7.13. The lowest BCUT2D eigenvalue weighted by Gasteiger charge is -2.09. The molecule has 0 fully saturated rings. The van der Waals surface area contributed by atoms with Crippen LogP contribution in [-0.4, -0.2) is 16.0 Å². The molecule has 128 valence electrons. The molecule has 1 amide bonds. The zero-order chi connectivity index (χ0) is 17.9. The fourth-order valence-corrected chi connectivity index (χ4v) is 3.32. The Hall–Kier alpha value is -2.96. The van der Waals surface area contributed by atoms with Gasteiger partial charge in [-0.25, -0.2) is 0 Å². The van der Waals surface area contributed by atoms with Crippen molar-refractivity contribution in [1.82, 2.24) is 10.1 Å². The van der Waals surface area contributed by atoms with Gasteiger partial charge in [0.25, 0.3) is 11.8 Å². The highest BCUT2D eigenvalue weighted by Gasteiger charge is 2.17. The Balaban J connectivity index is 1.65. The van der Waals surface area contributed by atoms with E-state index in [4.69, 9.17) is 16.1 Å². The number of carbonyl (C=O) groups is 1. The first kappa shape index (κ1) is 16.5. The summed E-state index contributed by atoms with van der Waals surface area (Å²) in [6.07, 6.45) is 0. The van der Waals surface area contributed by atoms with Gasteiger partial charge in [-0.15, -0.1) is 11.3 Å². The van der Waals surface area contributed by atoms with E-state index in [1.165, 1.54) is 11.3 Å². The van der Waals surface area contributed by atoms with Crippen molar-refractivity contribution in [3.63, 3.8) is 0 Å². The van der Waals surface area contributed by atoms with E-state index in [0.29, 0.717) is 33.6 Å². The second-order valence-corrected chi connectivity index (χ2v) is 6.73. The summed E-state index contributed by atoms with van der Waals surface area (Å²) in [5.74, 6) is 0.548. The molecule has 0 unspecified atom stereocenters. The van der Waals surface area contributed by atoms with Gasteiger partial charge in [-0.2, -0.15) is 4.98 Å². The molecule has 1 N–H and O–H groups in total. The summed E-state index contributed by atoms with van der Waals surface area (Å²) in [5.41, 5.74) is 1.61. The van der Waals surface area contributed by atoms with Gasteiger partial charge in [-0.3, -0.25) is 4.79 Å². The first-order valence-electron chi connectivity index (χ1n) is 7.75. The third kappa shape index (κ3) is 3.24. The van der Waals surface area contributed by atoms with Crippen LogP contribution in [0.3, 0.4) is 0 Å². The standard InChI is InChI=1S/C19H12ClN3O2S/c20-14-8-3-1-6-12(14)18(24)21-15-9-4-2-7-13(15)19-22-17(23-25-19)16-10-5-11-26-16/h1-11H,(H,21,24). The molecule has 2 heterocycles. The molecule has 0 radical (unpaired) electrons. The monoisotopic (exact) mass is 381 g/mol. The molecule has 0 spiro atoms. The number of amides is 1. The lowest BCUT2D eigenvalue weighted by atomic mass is 10.1. The average molecular weight is 382 g/mol. The SMILES string of the molecule is O=C(Nc1ccccc1-c1nc(-c2cccs2)no1)c1ccccc1Cl. The van der Waals surface area contributed by atoms with Crippen molar-refractivity contribution in [2.24, 2.45) is 0 Å². The quantitative estimate of drug-likeness (QED) is 0.516. The summed E-state index contributed by atoms with van der Waals surface area (Å²) < 4.78 is 5.39. The van der Waals surface area contributed by atoms with Crippen LogP contribution in [0, 0.1) is 0 Å². The second-order valence-electron chi connectivity index (χ2n) is 5.38. The number of aromatic nitrogens is 2. The van der Waals surface area contributed by atoms with Crippen molar-refractivity contribution in [2.75, 3.05) is 5.32 Å². The van der Waals surface area contributed by atoms with Crippen LogP contribution in [0.4, 0.5) is 5.69 Å². The Morgan fingerprint density at radius 3 is 2.65 bits per heavy atom. The minimum absolute atomic E-state index is 0.305. The van der Waals surface area contributed by atoms with Crippen LogP contribution >= 0.6 is 22.9 Å². The van der Waals surface area contributed by atoms with Gasteiger partial charge in [0.05, 0.1) is 26.7 Å². The highest BCUT2D eigenvalue weighted by Crippen LogP contribution is 2.30. The molecule has 0 aliphatic heterocycles. The lowest BCUT2D eigenvalue weighted by molar-refractivity contribution is 0.102. The topological polar surface area (TPSA) is 68.0 Å². The van der Waals surface area contributed by atoms with Gasteiger partial charge in [0, 0.05) is 0 Å². The van der Waals surface area contributed by atoms with Crippen LogP contribution in [0.15, 0.2) is 70.6 Å². The molecule has 0 aliphatic rings. The number of thiophene rings is 1. The van der Waals surface area contributed by atoms with Crippen molar-refractivity contribution in [1.29, 1.82) is 0 Å². The number of nitrogens with zero attached hydrogens (tertiary/aromatic N) is 2. The smallest absolute Gasteiger partial charge is 0.260 e. The predicted molar refractivity (Wildman–Crippen MR) is 102 cm³/mol. The van der Waals surface area contributed by atoms with E-state index >= 15 is 0 Å². The largest absolute Gasteiger partial charge is 0.334 e. The van der Waals surface area contributed by atoms with E-state index in [-0.39, 0.29) is 5.91 Å². The van der Waals surface area contributed by atoms with Gasteiger partial charge in [0.2, 0.25) is 5.82 Å². The number of anilines is 1. The van der Waals surface area contributed by atoms with E-state index in [1.54, 1.807) is 30.3 Å². The van der Waals surface area contributed by atoms with Crippen molar-refractivity contribution in [3.05, 3.63) is 76.6 Å². The van der Waals surface area contributed by atoms with E-state index in [9.17, 15) is 4.79 Å². The van der Waals surface area contributed by atoms with Crippen LogP contribution in [0.2, 0.25) is 5.02 Å². The predicted octanol–water partition coefficient (Wildman–Crippen LogP) is 5.37. The number of benzene rings is 2. The van der Waals surface area contributed by atoms with Crippen molar-refractivity contribution < 1.29 is 9.32 Å². The summed E-state index contributed by atoms with van der Waals surface area (Å²) in [7, 11) is 0. The van der Waals surface area contributed by atoms with Crippen molar-refractivity contribution >= 4 is 34.5 Å². The van der Waals surface area contributed by atoms with Crippen LogP contribution in [0.1, 0.15) is 10.4 Å². The summed E-state index contributed by atoms with van der Waals surface area (Å²) in [4.78, 5) is 17.9. The lowest BCUT2D eigenvalue weighted by Crippen LogP contribution is -2.13. The second kappa shape index (κ2) is 7.11. The zero-order valence-electron chi connectivity index (χ0n) is 13.3. The van der Waals surface area contributed by atoms with Gasteiger partial charge < -0.3 is 9.84 Å². The zero-order valence-corrected chi connectivity index (χ0v) is 14.9. The molecule has 0 atom stereocenters. The van der Waals surface area contributed by atoms with E-state index in [0.717, 1.165) is 4.88 Å². The fourth-order valence-electron chi connectivity index (χ4n) is 2.45. The van der Waals surface area contributed by atoms with Gasteiger partial charge in [-0.1, -0.05) is 47.1 Å². The number of hydrogen-bond donors (Lipinski definition) is 1. The molecule has 26 heavy (non-hydrogen) atoms. The van der Waals surface area contributed by atoms with Crippen LogP contribution in [0.25, 0.3) is 22.2 Å². The number of nitrogens with one attached hydrogen (secondary N) is 1. The Morgan fingerprint density at radius 1 is 1.04 bits per heavy atom. The third-order valence-electron chi connectivity index (χ3n) is 3.69. The van der Waals surface area contributed by atoms with E-state index in [2.05, 4.69) is 15.5 Å². The minimum Gasteiger partial charge on any atom is -0.334 e. The number of rotatable bonds is 4. The Labute approximate surface area is 158 Å². The number of halogens is 1. The molecule has 7 heteroatoms. The van der Waals surface area contributed by atoms with Crippen molar-refractivity contribution in [2.45, 2.75) is 0 Å². The minimum atomic E-state index is -0.305. The van der Waals surface area contributed by atoms with Crippen LogP contribution in [-0.2, 0) is 0 Å². The number of carbonyl (C=O) groups excluding carboxylic acids is 1. The molecule has 2 aromatic carbocycles. The number of para-hydroxylation sites is 1. The Kier molecular flexibility index (Phi) is 4.51. The maximum absolute atomic E-state index is 12.5. The van der Waals surface area contributed by atoms with Crippen LogP contribution in [0.5, 0.6) is 0 Å². The molecule has 0 aliphatic carbocycles. The molecule has 5 nitrogen and oxygen atoms in total. The number of hydrogen-bond acceptors (Lipinski definition) is 5. The van der Waals surface area contributed by atoms with Gasteiger partial charge in [0.15, 0.2) is 0 Å². The molecule has 0 bridgehead atoms. The molecule has 4 rings (SSSR count). The first-order valence-corrected chi connectivity index (χ1v) is 9.01. The summed E-state index contributed by atoms with van der Waals surface area (Å²) in [6.45, 7) is 0. The summed E-state index contributed by atoms with van der Waals surface area (Å²) in [6, 6.07) is 18.0. The molecule has 4 aromatic rings. The first-order chi connectivity index (χ1) is 12.7. The van der Waals surface area contributed by atoms with Crippen LogP contribution < -0.4 is 5.32 Å². The molecular weight excluding hydrogens is 370 g/mol.